The second-order valence-corrected chi connectivity index (χ2v) is 4.91. The second-order valence-electron chi connectivity index (χ2n) is 3.61. The number of nitrogens with one attached hydrogen (secondary N) is 1. The predicted molar refractivity (Wildman–Crippen MR) is 69.9 cm³/mol. The summed E-state index contributed by atoms with van der Waals surface area (Å²) < 4.78 is 22.9. The molecule has 100 valence electrons. The van der Waals surface area contributed by atoms with Gasteiger partial charge in [0.05, 0.1) is 18.5 Å². The lowest BCUT2D eigenvalue weighted by Crippen LogP contribution is -2.31. The molecule has 18 heavy (non-hydrogen) atoms. The third-order valence-corrected chi connectivity index (χ3v) is 2.83. The Morgan fingerprint density at radius 2 is 2.22 bits per heavy atom. The molecule has 0 saturated carbocycles. The Bertz CT molecular complexity index is 414. The zero-order valence-electron chi connectivity index (χ0n) is 10.2. The first-order valence-electron chi connectivity index (χ1n) is 5.33. The van der Waals surface area contributed by atoms with Gasteiger partial charge in [-0.1, -0.05) is 15.9 Å². The molecule has 0 aliphatic carbocycles. The molecule has 1 aromatic rings. The van der Waals surface area contributed by atoms with Crippen LogP contribution in [-0.2, 0) is 4.74 Å². The van der Waals surface area contributed by atoms with Crippen LogP contribution in [0.3, 0.4) is 0 Å². The molecule has 1 aromatic carbocycles. The van der Waals surface area contributed by atoms with E-state index in [4.69, 9.17) is 9.47 Å². The molecule has 0 heterocycles. The Labute approximate surface area is 114 Å². The van der Waals surface area contributed by atoms with E-state index in [-0.39, 0.29) is 16.5 Å². The van der Waals surface area contributed by atoms with E-state index in [2.05, 4.69) is 21.2 Å². The molecule has 0 saturated heterocycles. The van der Waals surface area contributed by atoms with Crippen LogP contribution >= 0.6 is 15.9 Å². The number of methoxy groups -OCH3 is 2. The highest BCUT2D eigenvalue weighted by Crippen LogP contribution is 2.18. The molecule has 0 radical (unpaired) electrons. The molecule has 0 fully saturated rings. The standard InChI is InChI=1S/C12H15BrFNO3/c1-17-7-9(13)6-15-12(16)8-3-4-10(14)11(5-8)18-2/h3-5,9H,6-7H2,1-2H3,(H,15,16). The van der Waals surface area contributed by atoms with Crippen LogP contribution in [0.25, 0.3) is 0 Å². The minimum Gasteiger partial charge on any atom is -0.494 e. The fraction of sp³-hybridized carbons (Fsp3) is 0.417. The fourth-order valence-corrected chi connectivity index (χ4v) is 1.77. The van der Waals surface area contributed by atoms with Crippen LogP contribution in [0.1, 0.15) is 10.4 Å². The summed E-state index contributed by atoms with van der Waals surface area (Å²) in [6.45, 7) is 0.916. The molecular weight excluding hydrogens is 305 g/mol. The highest BCUT2D eigenvalue weighted by Gasteiger charge is 2.11. The number of benzene rings is 1. The third-order valence-electron chi connectivity index (χ3n) is 2.24. The lowest BCUT2D eigenvalue weighted by Gasteiger charge is -2.10. The highest BCUT2D eigenvalue weighted by molar-refractivity contribution is 9.09. The number of hydrogen-bond donors (Lipinski definition) is 1. The van der Waals surface area contributed by atoms with E-state index < -0.39 is 5.82 Å². The molecule has 1 atom stereocenters. The van der Waals surface area contributed by atoms with Gasteiger partial charge in [0.1, 0.15) is 0 Å². The van der Waals surface area contributed by atoms with Crippen molar-refractivity contribution in [2.45, 2.75) is 4.83 Å². The number of rotatable bonds is 6. The number of carbonyl (C=O) groups excluding carboxylic acids is 1. The number of carbonyl (C=O) groups is 1. The first kappa shape index (κ1) is 14.9. The minimum atomic E-state index is -0.494. The molecule has 1 unspecified atom stereocenters. The van der Waals surface area contributed by atoms with Gasteiger partial charge in [0.25, 0.3) is 5.91 Å². The Morgan fingerprint density at radius 3 is 2.83 bits per heavy atom. The highest BCUT2D eigenvalue weighted by atomic mass is 79.9. The van der Waals surface area contributed by atoms with Crippen LogP contribution in [0.15, 0.2) is 18.2 Å². The first-order valence-corrected chi connectivity index (χ1v) is 6.24. The van der Waals surface area contributed by atoms with E-state index >= 15 is 0 Å². The van der Waals surface area contributed by atoms with Gasteiger partial charge >= 0.3 is 0 Å². The van der Waals surface area contributed by atoms with E-state index in [1.54, 1.807) is 7.11 Å². The van der Waals surface area contributed by atoms with E-state index in [0.29, 0.717) is 18.7 Å². The van der Waals surface area contributed by atoms with Crippen molar-refractivity contribution < 1.29 is 18.7 Å². The number of hydrogen-bond acceptors (Lipinski definition) is 3. The van der Waals surface area contributed by atoms with Crippen molar-refractivity contribution in [3.63, 3.8) is 0 Å². The predicted octanol–water partition coefficient (Wildman–Crippen LogP) is 1.97. The van der Waals surface area contributed by atoms with Crippen molar-refractivity contribution in [2.75, 3.05) is 27.4 Å². The normalized spacial score (nSPS) is 12.0. The minimum absolute atomic E-state index is 0.0359. The van der Waals surface area contributed by atoms with Crippen molar-refractivity contribution >= 4 is 21.8 Å². The number of alkyl halides is 1. The van der Waals surface area contributed by atoms with E-state index in [0.717, 1.165) is 0 Å². The Morgan fingerprint density at radius 1 is 1.50 bits per heavy atom. The van der Waals surface area contributed by atoms with Crippen molar-refractivity contribution in [3.05, 3.63) is 29.6 Å². The van der Waals surface area contributed by atoms with Gasteiger partial charge in [-0.25, -0.2) is 4.39 Å². The molecule has 1 N–H and O–H groups in total. The van der Waals surface area contributed by atoms with Gasteiger partial charge in [-0.2, -0.15) is 0 Å². The van der Waals surface area contributed by atoms with Crippen LogP contribution in [0.4, 0.5) is 4.39 Å². The molecule has 0 aliphatic rings. The van der Waals surface area contributed by atoms with E-state index in [1.807, 2.05) is 0 Å². The average Bonchev–Trinajstić information content (AvgIpc) is 2.37. The van der Waals surface area contributed by atoms with Crippen LogP contribution in [0.5, 0.6) is 5.75 Å². The van der Waals surface area contributed by atoms with Crippen LogP contribution < -0.4 is 10.1 Å². The number of ether oxygens (including phenoxy) is 2. The van der Waals surface area contributed by atoms with Gasteiger partial charge in [0.2, 0.25) is 0 Å². The second kappa shape index (κ2) is 7.33. The smallest absolute Gasteiger partial charge is 0.251 e. The largest absolute Gasteiger partial charge is 0.494 e. The summed E-state index contributed by atoms with van der Waals surface area (Å²) in [4.78, 5) is 11.8. The van der Waals surface area contributed by atoms with Crippen LogP contribution in [-0.4, -0.2) is 38.1 Å². The summed E-state index contributed by atoms with van der Waals surface area (Å²) in [6.07, 6.45) is 0. The van der Waals surface area contributed by atoms with Gasteiger partial charge in [-0.15, -0.1) is 0 Å². The Balaban J connectivity index is 2.61. The van der Waals surface area contributed by atoms with Crippen LogP contribution in [0, 0.1) is 5.82 Å². The summed E-state index contributed by atoms with van der Waals surface area (Å²) in [5.74, 6) is -0.726. The zero-order valence-corrected chi connectivity index (χ0v) is 11.8. The van der Waals surface area contributed by atoms with Crippen molar-refractivity contribution in [3.8, 4) is 5.75 Å². The third kappa shape index (κ3) is 4.27. The summed E-state index contributed by atoms with van der Waals surface area (Å²) in [7, 11) is 2.94. The fourth-order valence-electron chi connectivity index (χ4n) is 1.35. The van der Waals surface area contributed by atoms with E-state index in [9.17, 15) is 9.18 Å². The van der Waals surface area contributed by atoms with Gasteiger partial charge in [-0.3, -0.25) is 4.79 Å². The lowest BCUT2D eigenvalue weighted by atomic mass is 10.2. The summed E-state index contributed by atoms with van der Waals surface area (Å²) in [6, 6.07) is 3.98. The molecular formula is C12H15BrFNO3. The molecule has 0 bridgehead atoms. The molecule has 6 heteroatoms. The van der Waals surface area contributed by atoms with Crippen molar-refractivity contribution in [1.29, 1.82) is 0 Å². The molecule has 1 amide bonds. The molecule has 4 nitrogen and oxygen atoms in total. The summed E-state index contributed by atoms with van der Waals surface area (Å²) in [5, 5.41) is 2.71. The van der Waals surface area contributed by atoms with Crippen LogP contribution in [0.2, 0.25) is 0 Å². The number of amides is 1. The monoisotopic (exact) mass is 319 g/mol. The van der Waals surface area contributed by atoms with Gasteiger partial charge in [-0.05, 0) is 18.2 Å². The van der Waals surface area contributed by atoms with Crippen molar-refractivity contribution in [1.82, 2.24) is 5.32 Å². The molecule has 0 aliphatic heterocycles. The topological polar surface area (TPSA) is 47.6 Å². The molecule has 0 spiro atoms. The first-order chi connectivity index (χ1) is 8.58. The summed E-state index contributed by atoms with van der Waals surface area (Å²) in [5.41, 5.74) is 0.352. The Kier molecular flexibility index (Phi) is 6.07. The summed E-state index contributed by atoms with van der Waals surface area (Å²) >= 11 is 3.35. The van der Waals surface area contributed by atoms with Gasteiger partial charge in [0, 0.05) is 19.2 Å². The van der Waals surface area contributed by atoms with Gasteiger partial charge < -0.3 is 14.8 Å². The van der Waals surface area contributed by atoms with E-state index in [1.165, 1.54) is 25.3 Å². The quantitative estimate of drug-likeness (QED) is 0.816. The maximum absolute atomic E-state index is 13.2. The molecule has 0 aromatic heterocycles. The Hall–Kier alpha value is -1.14. The van der Waals surface area contributed by atoms with Gasteiger partial charge in [0.15, 0.2) is 11.6 Å². The zero-order chi connectivity index (χ0) is 13.5. The average molecular weight is 320 g/mol. The molecule has 1 rings (SSSR count). The SMILES string of the molecule is COCC(Br)CNC(=O)c1ccc(F)c(OC)c1. The maximum Gasteiger partial charge on any atom is 0.251 e. The van der Waals surface area contributed by atoms with Crippen molar-refractivity contribution in [2.24, 2.45) is 0 Å². The lowest BCUT2D eigenvalue weighted by molar-refractivity contribution is 0.0949. The number of halogens is 2. The maximum atomic E-state index is 13.2.